The third-order valence-corrected chi connectivity index (χ3v) is 4.75. The van der Waals surface area contributed by atoms with Crippen molar-refractivity contribution in [1.29, 1.82) is 0 Å². The van der Waals surface area contributed by atoms with E-state index in [2.05, 4.69) is 30.6 Å². The van der Waals surface area contributed by atoms with Gasteiger partial charge in [-0.15, -0.1) is 10.2 Å². The molecule has 0 aromatic carbocycles. The van der Waals surface area contributed by atoms with Gasteiger partial charge in [-0.3, -0.25) is 0 Å². The van der Waals surface area contributed by atoms with E-state index in [0.717, 1.165) is 35.4 Å². The first-order valence-electron chi connectivity index (χ1n) is 10.5. The third kappa shape index (κ3) is 5.39. The van der Waals surface area contributed by atoms with Crippen LogP contribution >= 0.6 is 0 Å². The maximum absolute atomic E-state index is 12.0. The van der Waals surface area contributed by atoms with Gasteiger partial charge in [0, 0.05) is 25.2 Å². The van der Waals surface area contributed by atoms with Gasteiger partial charge in [-0.1, -0.05) is 25.7 Å². The normalized spacial score (nSPS) is 11.1. The summed E-state index contributed by atoms with van der Waals surface area (Å²) in [5.41, 5.74) is 1.95. The van der Waals surface area contributed by atoms with Gasteiger partial charge in [0.25, 0.3) is 0 Å². The highest BCUT2D eigenvalue weighted by Gasteiger charge is 2.12. The van der Waals surface area contributed by atoms with Crippen molar-refractivity contribution in [2.45, 2.75) is 51.4 Å². The molecule has 0 N–H and O–H groups in total. The van der Waals surface area contributed by atoms with Crippen molar-refractivity contribution >= 4 is 34.3 Å². The van der Waals surface area contributed by atoms with Crippen molar-refractivity contribution in [1.82, 2.24) is 40.3 Å². The van der Waals surface area contributed by atoms with Crippen LogP contribution in [0.5, 0.6) is 0 Å². The van der Waals surface area contributed by atoms with E-state index in [0.29, 0.717) is 48.0 Å². The van der Waals surface area contributed by atoms with Crippen LogP contribution in [0.4, 0.5) is 0 Å². The first kappa shape index (κ1) is 21.3. The van der Waals surface area contributed by atoms with Crippen molar-refractivity contribution in [2.24, 2.45) is 0 Å². The highest BCUT2D eigenvalue weighted by atomic mass is 16.7. The summed E-state index contributed by atoms with van der Waals surface area (Å²) in [5.74, 6) is -0.749. The maximum Gasteiger partial charge on any atom is 0.335 e. The van der Waals surface area contributed by atoms with Crippen LogP contribution < -0.4 is 9.68 Å². The number of unbranched alkanes of at least 4 members (excludes halogenated alkanes) is 5. The average molecular weight is 438 g/mol. The fraction of sp³-hybridized carbons (Fsp3) is 0.400. The van der Waals surface area contributed by atoms with Crippen LogP contribution in [0.3, 0.4) is 0 Å². The molecule has 0 aliphatic rings. The Bertz CT molecular complexity index is 1110. The zero-order chi connectivity index (χ0) is 22.2. The molecule has 4 aromatic rings. The Morgan fingerprint density at radius 3 is 1.59 bits per heavy atom. The van der Waals surface area contributed by atoms with Crippen molar-refractivity contribution < 1.29 is 19.3 Å². The molecule has 0 unspecified atom stereocenters. The van der Waals surface area contributed by atoms with E-state index in [9.17, 15) is 9.59 Å². The standard InChI is InChI=1S/C20H22N8O4/c29-17(31-27-19-15(23-25-27)9-7-13-21-19)11-5-3-1-2-4-6-12-18(30)32-28-20-16(24-26-28)10-8-14-22-20/h7-10,13-14H,1-6,11-12H2. The lowest BCUT2D eigenvalue weighted by Crippen LogP contribution is -2.21. The highest BCUT2D eigenvalue weighted by molar-refractivity contribution is 5.73. The smallest absolute Gasteiger partial charge is 0.316 e. The second-order valence-electron chi connectivity index (χ2n) is 7.16. The van der Waals surface area contributed by atoms with Gasteiger partial charge in [0.05, 0.1) is 0 Å². The summed E-state index contributed by atoms with van der Waals surface area (Å²) in [4.78, 5) is 44.6. The summed E-state index contributed by atoms with van der Waals surface area (Å²) >= 11 is 0. The molecule has 32 heavy (non-hydrogen) atoms. The van der Waals surface area contributed by atoms with E-state index in [1.807, 2.05) is 0 Å². The van der Waals surface area contributed by atoms with Crippen LogP contribution in [-0.4, -0.2) is 52.2 Å². The Kier molecular flexibility index (Phi) is 6.90. The minimum Gasteiger partial charge on any atom is -0.316 e. The molecule has 12 nitrogen and oxygen atoms in total. The summed E-state index contributed by atoms with van der Waals surface area (Å²) in [6.07, 6.45) is 8.91. The number of pyridine rings is 2. The van der Waals surface area contributed by atoms with E-state index in [-0.39, 0.29) is 11.9 Å². The quantitative estimate of drug-likeness (QED) is 0.251. The lowest BCUT2D eigenvalue weighted by molar-refractivity contribution is -0.146. The van der Waals surface area contributed by atoms with Gasteiger partial charge in [-0.2, -0.15) is 0 Å². The highest BCUT2D eigenvalue weighted by Crippen LogP contribution is 2.10. The van der Waals surface area contributed by atoms with Gasteiger partial charge in [0.1, 0.15) is 11.0 Å². The minimum absolute atomic E-state index is 0.292. The van der Waals surface area contributed by atoms with Crippen LogP contribution in [0.2, 0.25) is 0 Å². The summed E-state index contributed by atoms with van der Waals surface area (Å²) in [6.45, 7) is 0. The zero-order valence-electron chi connectivity index (χ0n) is 17.3. The Labute approximate surface area is 182 Å². The van der Waals surface area contributed by atoms with Crippen molar-refractivity contribution in [3.05, 3.63) is 36.7 Å². The van der Waals surface area contributed by atoms with Gasteiger partial charge in [0.15, 0.2) is 0 Å². The van der Waals surface area contributed by atoms with Crippen LogP contribution in [-0.2, 0) is 9.59 Å². The monoisotopic (exact) mass is 438 g/mol. The molecule has 0 bridgehead atoms. The van der Waals surface area contributed by atoms with Crippen molar-refractivity contribution in [3.63, 3.8) is 0 Å². The molecular formula is C20H22N8O4. The fourth-order valence-electron chi connectivity index (χ4n) is 3.14. The molecule has 0 spiro atoms. The van der Waals surface area contributed by atoms with Crippen LogP contribution in [0.25, 0.3) is 22.3 Å². The van der Waals surface area contributed by atoms with E-state index >= 15 is 0 Å². The zero-order valence-corrected chi connectivity index (χ0v) is 17.3. The number of fused-ring (bicyclic) bond motifs is 2. The SMILES string of the molecule is O=C(CCCCCCCCC(=O)On1nnc2cccnc21)On1nnc2cccnc21. The Morgan fingerprint density at radius 2 is 1.12 bits per heavy atom. The number of carbonyl (C=O) groups excluding carboxylic acids is 2. The molecule has 0 aliphatic carbocycles. The predicted molar refractivity (Wildman–Crippen MR) is 111 cm³/mol. The second-order valence-corrected chi connectivity index (χ2v) is 7.16. The van der Waals surface area contributed by atoms with E-state index in [1.54, 1.807) is 36.7 Å². The molecule has 4 aromatic heterocycles. The number of hydrogen-bond donors (Lipinski definition) is 0. The van der Waals surface area contributed by atoms with Crippen molar-refractivity contribution in [2.75, 3.05) is 0 Å². The number of nitrogens with zero attached hydrogens (tertiary/aromatic N) is 8. The van der Waals surface area contributed by atoms with E-state index in [1.165, 1.54) is 0 Å². The summed E-state index contributed by atoms with van der Waals surface area (Å²) < 4.78 is 0. The number of hydrogen-bond acceptors (Lipinski definition) is 10. The number of carbonyl (C=O) groups is 2. The summed E-state index contributed by atoms with van der Waals surface area (Å²) in [7, 11) is 0. The van der Waals surface area contributed by atoms with Crippen molar-refractivity contribution in [3.8, 4) is 0 Å². The number of rotatable bonds is 11. The first-order valence-corrected chi connectivity index (χ1v) is 10.5. The summed E-state index contributed by atoms with van der Waals surface area (Å²) in [5, 5.41) is 15.3. The molecule has 4 heterocycles. The molecular weight excluding hydrogens is 416 g/mol. The van der Waals surface area contributed by atoms with Gasteiger partial charge >= 0.3 is 11.9 Å². The largest absolute Gasteiger partial charge is 0.335 e. The molecule has 4 rings (SSSR count). The fourth-order valence-corrected chi connectivity index (χ4v) is 3.14. The second kappa shape index (κ2) is 10.4. The summed E-state index contributed by atoms with van der Waals surface area (Å²) in [6, 6.07) is 6.96. The molecule has 166 valence electrons. The first-order chi connectivity index (χ1) is 15.7. The van der Waals surface area contributed by atoms with Crippen LogP contribution in [0.1, 0.15) is 51.4 Å². The van der Waals surface area contributed by atoms with E-state index < -0.39 is 0 Å². The molecule has 0 aliphatic heterocycles. The van der Waals surface area contributed by atoms with Gasteiger partial charge in [0.2, 0.25) is 11.3 Å². The molecule has 0 radical (unpaired) electrons. The Hall–Kier alpha value is -3.96. The minimum atomic E-state index is -0.375. The molecule has 0 saturated carbocycles. The average Bonchev–Trinajstić information content (AvgIpc) is 3.40. The van der Waals surface area contributed by atoms with Gasteiger partial charge in [-0.25, -0.2) is 19.6 Å². The lowest BCUT2D eigenvalue weighted by Gasteiger charge is -2.04. The molecule has 0 atom stereocenters. The Balaban J connectivity index is 1.05. The molecule has 0 amide bonds. The van der Waals surface area contributed by atoms with Crippen LogP contribution in [0, 0.1) is 0 Å². The maximum atomic E-state index is 12.0. The molecule has 12 heteroatoms. The van der Waals surface area contributed by atoms with Gasteiger partial charge < -0.3 is 9.68 Å². The lowest BCUT2D eigenvalue weighted by atomic mass is 10.1. The number of aromatic nitrogens is 8. The van der Waals surface area contributed by atoms with Gasteiger partial charge in [-0.05, 0) is 57.2 Å². The predicted octanol–water partition coefficient (Wildman–Crippen LogP) is 1.70. The topological polar surface area (TPSA) is 140 Å². The van der Waals surface area contributed by atoms with Crippen LogP contribution in [0.15, 0.2) is 36.7 Å². The molecule has 0 fully saturated rings. The molecule has 0 saturated heterocycles. The Morgan fingerprint density at radius 1 is 0.688 bits per heavy atom. The third-order valence-electron chi connectivity index (χ3n) is 4.75. The van der Waals surface area contributed by atoms with E-state index in [4.69, 9.17) is 9.68 Å².